The summed E-state index contributed by atoms with van der Waals surface area (Å²) in [6, 6.07) is 18.3. The monoisotopic (exact) mass is 312 g/mol. The molecule has 3 N–H and O–H groups in total. The summed E-state index contributed by atoms with van der Waals surface area (Å²) in [4.78, 5) is 22.0. The van der Waals surface area contributed by atoms with Crippen LogP contribution in [0.4, 0.5) is 4.79 Å². The lowest BCUT2D eigenvalue weighted by Gasteiger charge is -2.06. The van der Waals surface area contributed by atoms with Crippen LogP contribution in [0.1, 0.15) is 12.0 Å². The van der Waals surface area contributed by atoms with Crippen molar-refractivity contribution in [1.82, 2.24) is 5.32 Å². The van der Waals surface area contributed by atoms with E-state index in [1.807, 2.05) is 30.3 Å². The maximum atomic E-state index is 11.7. The molecule has 0 saturated carbocycles. The topological polar surface area (TPSA) is 81.4 Å². The molecule has 0 fully saturated rings. The minimum atomic E-state index is -0.835. The minimum absolute atomic E-state index is 0.0785. The van der Waals surface area contributed by atoms with Crippen molar-refractivity contribution < 1.29 is 14.3 Å². The van der Waals surface area contributed by atoms with Gasteiger partial charge >= 0.3 is 6.09 Å². The Hall–Kier alpha value is -2.82. The van der Waals surface area contributed by atoms with Gasteiger partial charge in [0.15, 0.2) is 0 Å². The van der Waals surface area contributed by atoms with Crippen molar-refractivity contribution >= 4 is 12.0 Å². The van der Waals surface area contributed by atoms with Crippen molar-refractivity contribution in [3.05, 3.63) is 60.2 Å². The van der Waals surface area contributed by atoms with Crippen LogP contribution in [0, 0.1) is 0 Å². The summed E-state index contributed by atoms with van der Waals surface area (Å²) in [5, 5.41) is 2.67. The Kier molecular flexibility index (Phi) is 6.17. The van der Waals surface area contributed by atoms with Crippen LogP contribution in [-0.2, 0) is 16.0 Å². The molecule has 0 bridgehead atoms. The molecule has 0 aliphatic heterocycles. The Bertz CT molecular complexity index is 639. The van der Waals surface area contributed by atoms with Gasteiger partial charge in [0.2, 0.25) is 5.91 Å². The average Bonchev–Trinajstić information content (AvgIpc) is 2.58. The Morgan fingerprint density at radius 3 is 2.26 bits per heavy atom. The molecule has 2 aromatic rings. The zero-order valence-electron chi connectivity index (χ0n) is 12.8. The van der Waals surface area contributed by atoms with Crippen molar-refractivity contribution in [2.75, 3.05) is 13.2 Å². The highest BCUT2D eigenvalue weighted by Gasteiger charge is 2.03. The van der Waals surface area contributed by atoms with Crippen molar-refractivity contribution in [1.29, 1.82) is 0 Å². The van der Waals surface area contributed by atoms with Gasteiger partial charge in [0.05, 0.1) is 6.54 Å². The van der Waals surface area contributed by atoms with E-state index in [2.05, 4.69) is 34.3 Å². The first-order valence-corrected chi connectivity index (χ1v) is 7.48. The fraction of sp³-hybridized carbons (Fsp3) is 0.222. The van der Waals surface area contributed by atoms with Crippen LogP contribution in [0.3, 0.4) is 0 Å². The Morgan fingerprint density at radius 1 is 0.957 bits per heavy atom. The van der Waals surface area contributed by atoms with Gasteiger partial charge in [0.25, 0.3) is 0 Å². The molecule has 0 atom stereocenters. The summed E-state index contributed by atoms with van der Waals surface area (Å²) in [6.07, 6.45) is 0.219. The largest absolute Gasteiger partial charge is 0.448 e. The van der Waals surface area contributed by atoms with Gasteiger partial charge in [-0.05, 0) is 23.1 Å². The second-order valence-corrected chi connectivity index (χ2v) is 5.08. The molecular weight excluding hydrogens is 292 g/mol. The van der Waals surface area contributed by atoms with E-state index in [1.165, 1.54) is 5.56 Å². The fourth-order valence-corrected chi connectivity index (χ4v) is 2.18. The smallest absolute Gasteiger partial charge is 0.404 e. The van der Waals surface area contributed by atoms with Crippen LogP contribution >= 0.6 is 0 Å². The molecule has 0 aliphatic carbocycles. The highest BCUT2D eigenvalue weighted by molar-refractivity contribution is 5.76. The van der Waals surface area contributed by atoms with E-state index in [1.54, 1.807) is 0 Å². The number of carbonyl (C=O) groups excluding carboxylic acids is 2. The maximum Gasteiger partial charge on any atom is 0.404 e. The summed E-state index contributed by atoms with van der Waals surface area (Å²) < 4.78 is 4.53. The molecule has 5 nitrogen and oxygen atoms in total. The Morgan fingerprint density at radius 2 is 1.61 bits per heavy atom. The molecule has 2 rings (SSSR count). The quantitative estimate of drug-likeness (QED) is 0.771. The number of carbonyl (C=O) groups is 2. The van der Waals surface area contributed by atoms with Gasteiger partial charge in [0.1, 0.15) is 6.61 Å². The van der Waals surface area contributed by atoms with Crippen LogP contribution in [0.25, 0.3) is 11.1 Å². The number of aryl methyl sites for hydroxylation is 1. The molecule has 0 radical (unpaired) electrons. The van der Waals surface area contributed by atoms with E-state index < -0.39 is 6.09 Å². The molecule has 120 valence electrons. The van der Waals surface area contributed by atoms with Gasteiger partial charge in [-0.2, -0.15) is 0 Å². The first kappa shape index (κ1) is 16.5. The molecule has 0 aromatic heterocycles. The molecular formula is C18H20N2O3. The number of benzene rings is 2. The number of hydrogen-bond acceptors (Lipinski definition) is 3. The van der Waals surface area contributed by atoms with Crippen LogP contribution < -0.4 is 11.1 Å². The normalized spacial score (nSPS) is 10.1. The predicted molar refractivity (Wildman–Crippen MR) is 88.7 cm³/mol. The first-order valence-electron chi connectivity index (χ1n) is 7.48. The summed E-state index contributed by atoms with van der Waals surface area (Å²) in [5.41, 5.74) is 8.26. The van der Waals surface area contributed by atoms with E-state index in [9.17, 15) is 9.59 Å². The van der Waals surface area contributed by atoms with Crippen LogP contribution in [-0.4, -0.2) is 25.2 Å². The second-order valence-electron chi connectivity index (χ2n) is 5.08. The number of ether oxygens (including phenoxy) is 1. The van der Waals surface area contributed by atoms with E-state index in [4.69, 9.17) is 5.73 Å². The van der Waals surface area contributed by atoms with Gasteiger partial charge in [0, 0.05) is 6.42 Å². The summed E-state index contributed by atoms with van der Waals surface area (Å²) in [7, 11) is 0. The van der Waals surface area contributed by atoms with Crippen molar-refractivity contribution in [2.45, 2.75) is 12.8 Å². The van der Waals surface area contributed by atoms with Gasteiger partial charge in [-0.15, -0.1) is 0 Å². The summed E-state index contributed by atoms with van der Waals surface area (Å²) in [5.74, 6) is -0.0785. The Balaban J connectivity index is 1.76. The Labute approximate surface area is 135 Å². The molecule has 0 unspecified atom stereocenters. The average molecular weight is 312 g/mol. The van der Waals surface area contributed by atoms with E-state index in [-0.39, 0.29) is 19.1 Å². The van der Waals surface area contributed by atoms with E-state index in [0.717, 1.165) is 11.1 Å². The van der Waals surface area contributed by atoms with Gasteiger partial charge < -0.3 is 15.8 Å². The molecule has 0 aliphatic rings. The minimum Gasteiger partial charge on any atom is -0.448 e. The number of nitrogens with one attached hydrogen (secondary N) is 1. The molecule has 2 aromatic carbocycles. The zero-order chi connectivity index (χ0) is 16.5. The van der Waals surface area contributed by atoms with Crippen LogP contribution in [0.2, 0.25) is 0 Å². The SMILES string of the molecule is NC(=O)OCCNC(=O)CCc1ccc(-c2ccccc2)cc1. The molecule has 0 saturated heterocycles. The maximum absolute atomic E-state index is 11.7. The fourth-order valence-electron chi connectivity index (χ4n) is 2.18. The van der Waals surface area contributed by atoms with E-state index >= 15 is 0 Å². The summed E-state index contributed by atoms with van der Waals surface area (Å²) >= 11 is 0. The number of hydrogen-bond donors (Lipinski definition) is 2. The van der Waals surface area contributed by atoms with Gasteiger partial charge in [-0.1, -0.05) is 54.6 Å². The number of amides is 2. The lowest BCUT2D eigenvalue weighted by atomic mass is 10.0. The number of primary amides is 1. The molecule has 5 heteroatoms. The lowest BCUT2D eigenvalue weighted by Crippen LogP contribution is -2.29. The standard InChI is InChI=1S/C18H20N2O3/c19-18(22)23-13-12-20-17(21)11-8-14-6-9-16(10-7-14)15-4-2-1-3-5-15/h1-7,9-10H,8,11-13H2,(H2,19,22)(H,20,21). The zero-order valence-corrected chi connectivity index (χ0v) is 12.8. The van der Waals surface area contributed by atoms with Crippen molar-refractivity contribution in [3.63, 3.8) is 0 Å². The van der Waals surface area contributed by atoms with Crippen molar-refractivity contribution in [2.24, 2.45) is 5.73 Å². The first-order chi connectivity index (χ1) is 11.1. The van der Waals surface area contributed by atoms with Crippen LogP contribution in [0.5, 0.6) is 0 Å². The highest BCUT2D eigenvalue weighted by Crippen LogP contribution is 2.19. The number of nitrogens with two attached hydrogens (primary N) is 1. The third-order valence-corrected chi connectivity index (χ3v) is 3.37. The molecule has 0 heterocycles. The van der Waals surface area contributed by atoms with E-state index in [0.29, 0.717) is 12.8 Å². The lowest BCUT2D eigenvalue weighted by molar-refractivity contribution is -0.121. The second kappa shape index (κ2) is 8.58. The predicted octanol–water partition coefficient (Wildman–Crippen LogP) is 2.50. The van der Waals surface area contributed by atoms with Crippen molar-refractivity contribution in [3.8, 4) is 11.1 Å². The van der Waals surface area contributed by atoms with Gasteiger partial charge in [-0.25, -0.2) is 4.79 Å². The third kappa shape index (κ3) is 5.82. The third-order valence-electron chi connectivity index (χ3n) is 3.37. The summed E-state index contributed by atoms with van der Waals surface area (Å²) in [6.45, 7) is 0.363. The van der Waals surface area contributed by atoms with Gasteiger partial charge in [-0.3, -0.25) is 4.79 Å². The number of rotatable bonds is 7. The highest BCUT2D eigenvalue weighted by atomic mass is 16.5. The molecule has 23 heavy (non-hydrogen) atoms. The van der Waals surface area contributed by atoms with Crippen LogP contribution in [0.15, 0.2) is 54.6 Å². The molecule has 2 amide bonds. The molecule has 0 spiro atoms.